The molecule has 2 heterocycles. The Balaban J connectivity index is 1.74. The van der Waals surface area contributed by atoms with Gasteiger partial charge in [-0.2, -0.15) is 0 Å². The summed E-state index contributed by atoms with van der Waals surface area (Å²) in [5, 5.41) is 3.68. The zero-order chi connectivity index (χ0) is 18.8. The molecule has 1 N–H and O–H groups in total. The van der Waals surface area contributed by atoms with Gasteiger partial charge in [0.25, 0.3) is 0 Å². The van der Waals surface area contributed by atoms with E-state index >= 15 is 0 Å². The van der Waals surface area contributed by atoms with Gasteiger partial charge in [0.05, 0.1) is 19.2 Å². The van der Waals surface area contributed by atoms with E-state index < -0.39 is 0 Å². The molecular weight excluding hydrogens is 348 g/mol. The van der Waals surface area contributed by atoms with Crippen molar-refractivity contribution in [1.29, 1.82) is 0 Å². The van der Waals surface area contributed by atoms with Crippen LogP contribution < -0.4 is 5.32 Å². The van der Waals surface area contributed by atoms with Gasteiger partial charge < -0.3 is 10.1 Å². The molecule has 0 aromatic carbocycles. The summed E-state index contributed by atoms with van der Waals surface area (Å²) in [6.07, 6.45) is 4.15. The molecule has 0 spiro atoms. The van der Waals surface area contributed by atoms with Crippen LogP contribution in [0.25, 0.3) is 0 Å². The number of ether oxygens (including phenoxy) is 1. The Morgan fingerprint density at radius 2 is 1.88 bits per heavy atom. The minimum absolute atomic E-state index is 0.0388. The van der Waals surface area contributed by atoms with E-state index in [4.69, 9.17) is 4.74 Å². The second kappa shape index (κ2) is 8.09. The van der Waals surface area contributed by atoms with Gasteiger partial charge >= 0.3 is 5.97 Å². The van der Waals surface area contributed by atoms with Crippen molar-refractivity contribution in [3.8, 4) is 0 Å². The van der Waals surface area contributed by atoms with Crippen molar-refractivity contribution >= 4 is 28.2 Å². The zero-order valence-corrected chi connectivity index (χ0v) is 17.1. The molecule has 3 atom stereocenters. The number of methoxy groups -OCH3 is 1. The number of carbonyl (C=O) groups is 2. The van der Waals surface area contributed by atoms with Crippen molar-refractivity contribution in [3.63, 3.8) is 0 Å². The number of fused-ring (bicyclic) bond motifs is 1. The summed E-state index contributed by atoms with van der Waals surface area (Å²) in [4.78, 5) is 28.4. The van der Waals surface area contributed by atoms with E-state index in [2.05, 4.69) is 31.0 Å². The molecule has 1 aliphatic heterocycles. The van der Waals surface area contributed by atoms with E-state index in [0.717, 1.165) is 37.9 Å². The van der Waals surface area contributed by atoms with Crippen molar-refractivity contribution in [2.24, 2.45) is 17.8 Å². The lowest BCUT2D eigenvalue weighted by atomic mass is 9.88. The molecule has 2 aliphatic rings. The SMILES string of the molecule is COC(=O)c1c(NC(=O)CN2CC(C)CC(C)C2)sc2c1CCC(C)C2. The van der Waals surface area contributed by atoms with Gasteiger partial charge in [0.2, 0.25) is 5.91 Å². The van der Waals surface area contributed by atoms with Crippen LogP contribution >= 0.6 is 11.3 Å². The first-order valence-electron chi connectivity index (χ1n) is 9.62. The highest BCUT2D eigenvalue weighted by Gasteiger charge is 2.29. The van der Waals surface area contributed by atoms with Crippen molar-refractivity contribution < 1.29 is 14.3 Å². The molecule has 6 heteroatoms. The van der Waals surface area contributed by atoms with Crippen molar-refractivity contribution in [3.05, 3.63) is 16.0 Å². The number of esters is 1. The molecule has 1 aromatic heterocycles. The molecule has 3 rings (SSSR count). The maximum atomic E-state index is 12.6. The topological polar surface area (TPSA) is 58.6 Å². The number of piperidine rings is 1. The lowest BCUT2D eigenvalue weighted by molar-refractivity contribution is -0.117. The molecule has 1 saturated heterocycles. The summed E-state index contributed by atoms with van der Waals surface area (Å²) in [6.45, 7) is 9.01. The van der Waals surface area contributed by atoms with Gasteiger partial charge in [-0.1, -0.05) is 20.8 Å². The molecule has 144 valence electrons. The Morgan fingerprint density at radius 3 is 2.54 bits per heavy atom. The number of carbonyl (C=O) groups excluding carboxylic acids is 2. The molecular formula is C20H30N2O3S. The third kappa shape index (κ3) is 4.29. The van der Waals surface area contributed by atoms with Crippen LogP contribution in [0.15, 0.2) is 0 Å². The summed E-state index contributed by atoms with van der Waals surface area (Å²) < 4.78 is 4.99. The maximum absolute atomic E-state index is 12.6. The van der Waals surface area contributed by atoms with Crippen LogP contribution in [-0.4, -0.2) is 43.5 Å². The summed E-state index contributed by atoms with van der Waals surface area (Å²) in [5.41, 5.74) is 1.66. The highest BCUT2D eigenvalue weighted by atomic mass is 32.1. The van der Waals surface area contributed by atoms with Crippen LogP contribution in [0.2, 0.25) is 0 Å². The lowest BCUT2D eigenvalue weighted by Crippen LogP contribution is -2.42. The number of amides is 1. The van der Waals surface area contributed by atoms with E-state index in [9.17, 15) is 9.59 Å². The third-order valence-corrected chi connectivity index (χ3v) is 6.64. The van der Waals surface area contributed by atoms with Crippen LogP contribution in [0, 0.1) is 17.8 Å². The number of nitrogens with one attached hydrogen (secondary N) is 1. The Kier molecular flexibility index (Phi) is 6.03. The fraction of sp³-hybridized carbons (Fsp3) is 0.700. The van der Waals surface area contributed by atoms with Gasteiger partial charge in [-0.05, 0) is 49.0 Å². The number of hydrogen-bond donors (Lipinski definition) is 1. The third-order valence-electron chi connectivity index (χ3n) is 5.47. The van der Waals surface area contributed by atoms with Crippen LogP contribution in [0.4, 0.5) is 5.00 Å². The minimum atomic E-state index is -0.340. The number of likely N-dealkylation sites (tertiary alicyclic amines) is 1. The monoisotopic (exact) mass is 378 g/mol. The Morgan fingerprint density at radius 1 is 1.19 bits per heavy atom. The molecule has 1 amide bonds. The van der Waals surface area contributed by atoms with Gasteiger partial charge in [-0.25, -0.2) is 4.79 Å². The molecule has 1 fully saturated rings. The quantitative estimate of drug-likeness (QED) is 0.814. The fourth-order valence-corrected chi connectivity index (χ4v) is 5.86. The van der Waals surface area contributed by atoms with Gasteiger partial charge in [0, 0.05) is 18.0 Å². The Hall–Kier alpha value is -1.40. The molecule has 5 nitrogen and oxygen atoms in total. The van der Waals surface area contributed by atoms with Crippen molar-refractivity contribution in [1.82, 2.24) is 4.90 Å². The second-order valence-electron chi connectivity index (χ2n) is 8.24. The maximum Gasteiger partial charge on any atom is 0.341 e. The number of anilines is 1. The Bertz CT molecular complexity index is 675. The van der Waals surface area contributed by atoms with E-state index in [0.29, 0.717) is 34.9 Å². The Labute approximate surface area is 160 Å². The molecule has 0 radical (unpaired) electrons. The van der Waals surface area contributed by atoms with Gasteiger partial charge in [-0.15, -0.1) is 11.3 Å². The molecule has 3 unspecified atom stereocenters. The van der Waals surface area contributed by atoms with Crippen LogP contribution in [0.1, 0.15) is 54.4 Å². The zero-order valence-electron chi connectivity index (χ0n) is 16.3. The molecule has 1 aromatic rings. The largest absolute Gasteiger partial charge is 0.465 e. The van der Waals surface area contributed by atoms with Crippen LogP contribution in [0.5, 0.6) is 0 Å². The molecule has 0 bridgehead atoms. The predicted molar refractivity (Wildman–Crippen MR) is 105 cm³/mol. The number of rotatable bonds is 4. The lowest BCUT2D eigenvalue weighted by Gasteiger charge is -2.34. The second-order valence-corrected chi connectivity index (χ2v) is 9.34. The van der Waals surface area contributed by atoms with Crippen molar-refractivity contribution in [2.45, 2.75) is 46.5 Å². The van der Waals surface area contributed by atoms with E-state index in [1.54, 1.807) is 11.3 Å². The number of nitrogens with zero attached hydrogens (tertiary/aromatic N) is 1. The minimum Gasteiger partial charge on any atom is -0.465 e. The summed E-state index contributed by atoms with van der Waals surface area (Å²) in [6, 6.07) is 0. The average Bonchev–Trinajstić information content (AvgIpc) is 2.89. The predicted octanol–water partition coefficient (Wildman–Crippen LogP) is 3.58. The smallest absolute Gasteiger partial charge is 0.341 e. The van der Waals surface area contributed by atoms with E-state index in [1.807, 2.05) is 0 Å². The fourth-order valence-electron chi connectivity index (χ4n) is 4.45. The standard InChI is InChI=1S/C20H30N2O3S/c1-12-5-6-15-16(8-12)26-19(18(15)20(24)25-4)21-17(23)11-22-9-13(2)7-14(3)10-22/h12-14H,5-11H2,1-4H3,(H,21,23). The van der Waals surface area contributed by atoms with Crippen LogP contribution in [-0.2, 0) is 22.4 Å². The van der Waals surface area contributed by atoms with E-state index in [1.165, 1.54) is 18.4 Å². The molecule has 26 heavy (non-hydrogen) atoms. The normalized spacial score (nSPS) is 26.2. The number of thiophene rings is 1. The van der Waals surface area contributed by atoms with Crippen LogP contribution in [0.3, 0.4) is 0 Å². The van der Waals surface area contributed by atoms with E-state index in [-0.39, 0.29) is 11.9 Å². The highest BCUT2D eigenvalue weighted by molar-refractivity contribution is 7.17. The summed E-state index contributed by atoms with van der Waals surface area (Å²) in [7, 11) is 1.40. The average molecular weight is 379 g/mol. The number of hydrogen-bond acceptors (Lipinski definition) is 5. The highest BCUT2D eigenvalue weighted by Crippen LogP contribution is 2.40. The summed E-state index contributed by atoms with van der Waals surface area (Å²) >= 11 is 1.55. The van der Waals surface area contributed by atoms with Gasteiger partial charge in [0.15, 0.2) is 0 Å². The molecule has 0 saturated carbocycles. The summed E-state index contributed by atoms with van der Waals surface area (Å²) in [5.74, 6) is 1.47. The first-order chi connectivity index (χ1) is 12.4. The molecule has 1 aliphatic carbocycles. The van der Waals surface area contributed by atoms with Gasteiger partial charge in [-0.3, -0.25) is 9.69 Å². The van der Waals surface area contributed by atoms with Gasteiger partial charge in [0.1, 0.15) is 5.00 Å². The van der Waals surface area contributed by atoms with Crippen molar-refractivity contribution in [2.75, 3.05) is 32.1 Å². The first kappa shape index (κ1) is 19.4. The first-order valence-corrected chi connectivity index (χ1v) is 10.4.